The largest absolute Gasteiger partial charge is 0.469 e. The number of carbonyl (C=O) groups is 2. The quantitative estimate of drug-likeness (QED) is 0.795. The van der Waals surface area contributed by atoms with Crippen molar-refractivity contribution in [2.45, 2.75) is 25.7 Å². The van der Waals surface area contributed by atoms with Crippen LogP contribution in [0.15, 0.2) is 17.5 Å². The summed E-state index contributed by atoms with van der Waals surface area (Å²) in [5.74, 6) is -0.0503. The van der Waals surface area contributed by atoms with Crippen LogP contribution >= 0.6 is 11.3 Å². The van der Waals surface area contributed by atoms with Gasteiger partial charge in [0.25, 0.3) is 0 Å². The Morgan fingerprint density at radius 3 is 2.57 bits per heavy atom. The van der Waals surface area contributed by atoms with E-state index >= 15 is 0 Å². The molecule has 1 aliphatic heterocycles. The third-order valence-electron chi connectivity index (χ3n) is 4.97. The van der Waals surface area contributed by atoms with Gasteiger partial charge in [-0.25, -0.2) is 0 Å². The minimum absolute atomic E-state index is 0.0128. The van der Waals surface area contributed by atoms with Gasteiger partial charge in [0.15, 0.2) is 0 Å². The van der Waals surface area contributed by atoms with E-state index in [2.05, 4.69) is 22.4 Å². The Hall–Kier alpha value is -1.56. The zero-order valence-corrected chi connectivity index (χ0v) is 14.4. The molecule has 5 nitrogen and oxygen atoms in total. The summed E-state index contributed by atoms with van der Waals surface area (Å²) in [7, 11) is 1.43. The first kappa shape index (κ1) is 16.3. The van der Waals surface area contributed by atoms with E-state index in [0.717, 1.165) is 45.4 Å². The van der Waals surface area contributed by atoms with Crippen molar-refractivity contribution in [2.75, 3.05) is 38.2 Å². The molecule has 126 valence electrons. The van der Waals surface area contributed by atoms with E-state index in [4.69, 9.17) is 4.74 Å². The predicted octanol–water partition coefficient (Wildman–Crippen LogP) is 2.38. The molecule has 6 heteroatoms. The highest BCUT2D eigenvalue weighted by Crippen LogP contribution is 2.31. The van der Waals surface area contributed by atoms with Crippen molar-refractivity contribution in [1.29, 1.82) is 0 Å². The van der Waals surface area contributed by atoms with Crippen LogP contribution in [0.25, 0.3) is 0 Å². The number of piperazine rings is 1. The molecule has 1 aromatic heterocycles. The van der Waals surface area contributed by atoms with E-state index in [0.29, 0.717) is 6.42 Å². The van der Waals surface area contributed by atoms with E-state index in [1.54, 1.807) is 11.3 Å². The molecule has 0 radical (unpaired) electrons. The fraction of sp³-hybridized carbons (Fsp3) is 0.647. The first-order valence-corrected chi connectivity index (χ1v) is 9.22. The number of nitrogens with zero attached hydrogens (tertiary/aromatic N) is 2. The lowest BCUT2D eigenvalue weighted by Crippen LogP contribution is -2.50. The van der Waals surface area contributed by atoms with Crippen molar-refractivity contribution in [1.82, 2.24) is 4.90 Å². The molecule has 0 bridgehead atoms. The van der Waals surface area contributed by atoms with Gasteiger partial charge in [0.1, 0.15) is 0 Å². The molecule has 2 aliphatic rings. The number of methoxy groups -OCH3 is 1. The second-order valence-corrected chi connectivity index (χ2v) is 7.27. The number of carbonyl (C=O) groups excluding carboxylic acids is 2. The number of amides is 1. The average Bonchev–Trinajstić information content (AvgIpc) is 3.15. The summed E-state index contributed by atoms with van der Waals surface area (Å²) in [5.41, 5.74) is 0. The molecular formula is C17H24N2O3S. The van der Waals surface area contributed by atoms with Crippen LogP contribution in [0.1, 0.15) is 25.7 Å². The summed E-state index contributed by atoms with van der Waals surface area (Å²) in [5, 5.41) is 3.36. The fourth-order valence-corrected chi connectivity index (χ4v) is 4.44. The summed E-state index contributed by atoms with van der Waals surface area (Å²) in [6.07, 6.45) is 3.34. The summed E-state index contributed by atoms with van der Waals surface area (Å²) < 4.78 is 4.85. The summed E-state index contributed by atoms with van der Waals surface area (Å²) >= 11 is 1.74. The van der Waals surface area contributed by atoms with Crippen LogP contribution in [0, 0.1) is 11.8 Å². The molecule has 3 rings (SSSR count). The Balaban J connectivity index is 1.53. The van der Waals surface area contributed by atoms with Crippen molar-refractivity contribution in [3.05, 3.63) is 17.5 Å². The smallest absolute Gasteiger partial charge is 0.308 e. The van der Waals surface area contributed by atoms with Gasteiger partial charge in [-0.2, -0.15) is 0 Å². The highest BCUT2D eigenvalue weighted by Gasteiger charge is 2.34. The molecule has 2 fully saturated rings. The van der Waals surface area contributed by atoms with Crippen LogP contribution in [0.5, 0.6) is 0 Å². The Morgan fingerprint density at radius 1 is 1.17 bits per heavy atom. The first-order valence-electron chi connectivity index (χ1n) is 8.34. The topological polar surface area (TPSA) is 49.9 Å². The molecule has 0 spiro atoms. The summed E-state index contributed by atoms with van der Waals surface area (Å²) in [6.45, 7) is 3.32. The van der Waals surface area contributed by atoms with Gasteiger partial charge in [0, 0.05) is 32.1 Å². The van der Waals surface area contributed by atoms with Crippen molar-refractivity contribution < 1.29 is 14.3 Å². The normalized spacial score (nSPS) is 25.3. The molecule has 0 aromatic carbocycles. The zero-order chi connectivity index (χ0) is 16.2. The van der Waals surface area contributed by atoms with Crippen LogP contribution in [0.4, 0.5) is 5.00 Å². The Kier molecular flexibility index (Phi) is 5.20. The Bertz CT molecular complexity index is 538. The summed E-state index contributed by atoms with van der Waals surface area (Å²) in [4.78, 5) is 28.8. The first-order chi connectivity index (χ1) is 11.2. The number of esters is 1. The van der Waals surface area contributed by atoms with Crippen molar-refractivity contribution in [3.63, 3.8) is 0 Å². The van der Waals surface area contributed by atoms with E-state index in [1.807, 2.05) is 4.90 Å². The predicted molar refractivity (Wildman–Crippen MR) is 90.6 cm³/mol. The second kappa shape index (κ2) is 7.34. The van der Waals surface area contributed by atoms with Crippen LogP contribution in [0.2, 0.25) is 0 Å². The molecule has 1 amide bonds. The molecule has 1 aliphatic carbocycles. The van der Waals surface area contributed by atoms with Gasteiger partial charge in [-0.3, -0.25) is 9.59 Å². The van der Waals surface area contributed by atoms with Crippen LogP contribution in [-0.2, 0) is 14.3 Å². The third kappa shape index (κ3) is 3.68. The molecule has 2 heterocycles. The third-order valence-corrected chi connectivity index (χ3v) is 5.90. The van der Waals surface area contributed by atoms with E-state index in [9.17, 15) is 9.59 Å². The minimum atomic E-state index is -0.162. The van der Waals surface area contributed by atoms with Crippen LogP contribution < -0.4 is 4.90 Å². The maximum absolute atomic E-state index is 12.8. The Labute approximate surface area is 141 Å². The van der Waals surface area contributed by atoms with Crippen LogP contribution in [-0.4, -0.2) is 50.1 Å². The van der Waals surface area contributed by atoms with Crippen molar-refractivity contribution in [2.24, 2.45) is 11.8 Å². The van der Waals surface area contributed by atoms with Gasteiger partial charge < -0.3 is 14.5 Å². The average molecular weight is 336 g/mol. The van der Waals surface area contributed by atoms with Crippen molar-refractivity contribution in [3.8, 4) is 0 Å². The Morgan fingerprint density at radius 2 is 1.91 bits per heavy atom. The minimum Gasteiger partial charge on any atom is -0.469 e. The van der Waals surface area contributed by atoms with E-state index < -0.39 is 0 Å². The lowest BCUT2D eigenvalue weighted by Gasteiger charge is -2.38. The highest BCUT2D eigenvalue weighted by molar-refractivity contribution is 7.14. The van der Waals surface area contributed by atoms with Gasteiger partial charge in [-0.05, 0) is 36.8 Å². The maximum atomic E-state index is 12.8. The number of anilines is 1. The molecule has 23 heavy (non-hydrogen) atoms. The fourth-order valence-electron chi connectivity index (χ4n) is 3.65. The molecule has 1 aromatic rings. The lowest BCUT2D eigenvalue weighted by molar-refractivity contribution is -0.148. The zero-order valence-electron chi connectivity index (χ0n) is 13.6. The molecule has 2 atom stereocenters. The van der Waals surface area contributed by atoms with Gasteiger partial charge in [0.2, 0.25) is 5.91 Å². The number of hydrogen-bond donors (Lipinski definition) is 0. The lowest BCUT2D eigenvalue weighted by atomic mass is 9.80. The van der Waals surface area contributed by atoms with Gasteiger partial charge in [-0.1, -0.05) is 6.42 Å². The maximum Gasteiger partial charge on any atom is 0.308 e. The number of hydrogen-bond acceptors (Lipinski definition) is 5. The number of rotatable bonds is 3. The molecule has 0 N–H and O–H groups in total. The molecule has 1 saturated carbocycles. The summed E-state index contributed by atoms with van der Waals surface area (Å²) in [6, 6.07) is 4.19. The van der Waals surface area contributed by atoms with Crippen LogP contribution in [0.3, 0.4) is 0 Å². The van der Waals surface area contributed by atoms with E-state index in [-0.39, 0.29) is 23.7 Å². The number of ether oxygens (including phenoxy) is 1. The van der Waals surface area contributed by atoms with Crippen molar-refractivity contribution >= 4 is 28.2 Å². The van der Waals surface area contributed by atoms with E-state index in [1.165, 1.54) is 12.1 Å². The molecular weight excluding hydrogens is 312 g/mol. The van der Waals surface area contributed by atoms with Gasteiger partial charge in [-0.15, -0.1) is 11.3 Å². The van der Waals surface area contributed by atoms with Gasteiger partial charge in [0.05, 0.1) is 18.0 Å². The SMILES string of the molecule is COC(=O)[C@@H]1CCC[C@@H](C(=O)N2CCN(c3cccs3)CC2)C1. The second-order valence-electron chi connectivity index (χ2n) is 6.35. The standard InChI is InChI=1S/C17H24N2O3S/c1-22-17(21)14-5-2-4-13(12-14)16(20)19-9-7-18(8-10-19)15-6-3-11-23-15/h3,6,11,13-14H,2,4-5,7-10,12H2,1H3/t13-,14-/m1/s1. The number of thiophene rings is 1. The monoisotopic (exact) mass is 336 g/mol. The highest BCUT2D eigenvalue weighted by atomic mass is 32.1. The molecule has 0 unspecified atom stereocenters. The molecule has 1 saturated heterocycles. The van der Waals surface area contributed by atoms with Gasteiger partial charge >= 0.3 is 5.97 Å².